The Morgan fingerprint density at radius 1 is 1.20 bits per heavy atom. The van der Waals surface area contributed by atoms with Crippen LogP contribution < -0.4 is 10.1 Å². The van der Waals surface area contributed by atoms with Crippen LogP contribution >= 0.6 is 23.1 Å². The van der Waals surface area contributed by atoms with Gasteiger partial charge >= 0.3 is 0 Å². The number of hydrogen-bond acceptors (Lipinski definition) is 7. The minimum Gasteiger partial charge on any atom is -0.497 e. The fourth-order valence-electron chi connectivity index (χ4n) is 2.91. The molecule has 0 saturated carbocycles. The molecule has 0 aliphatic rings. The van der Waals surface area contributed by atoms with Gasteiger partial charge < -0.3 is 4.74 Å². The number of aromatic nitrogens is 4. The Labute approximate surface area is 182 Å². The first-order valence-electron chi connectivity index (χ1n) is 9.07. The standard InChI is InChI=1S/C21H19N5O2S2/c1-13-19(24-25-26(13)15-5-4-6-16(11-15)28-2)20(27)23-21-22-18(12-30-21)14-7-9-17(29-3)10-8-14/h4-12H,1-3H3,(H,22,23,27). The van der Waals surface area contributed by atoms with E-state index >= 15 is 0 Å². The molecule has 0 radical (unpaired) electrons. The minimum atomic E-state index is -0.347. The zero-order chi connectivity index (χ0) is 21.1. The van der Waals surface area contributed by atoms with Crippen molar-refractivity contribution in [2.24, 2.45) is 0 Å². The van der Waals surface area contributed by atoms with Crippen LogP contribution in [0.4, 0.5) is 5.13 Å². The second-order valence-corrected chi connectivity index (χ2v) is 8.10. The van der Waals surface area contributed by atoms with Crippen LogP contribution in [0, 0.1) is 6.92 Å². The summed E-state index contributed by atoms with van der Waals surface area (Å²) in [6.45, 7) is 1.80. The van der Waals surface area contributed by atoms with E-state index in [2.05, 4.69) is 32.7 Å². The largest absolute Gasteiger partial charge is 0.497 e. The third-order valence-electron chi connectivity index (χ3n) is 4.52. The molecule has 2 heterocycles. The van der Waals surface area contributed by atoms with Crippen molar-refractivity contribution in [2.75, 3.05) is 18.7 Å². The van der Waals surface area contributed by atoms with Crippen LogP contribution in [0.25, 0.3) is 16.9 Å². The summed E-state index contributed by atoms with van der Waals surface area (Å²) < 4.78 is 6.86. The molecule has 9 heteroatoms. The van der Waals surface area contributed by atoms with Crippen LogP contribution in [-0.2, 0) is 0 Å². The molecule has 4 aromatic rings. The van der Waals surface area contributed by atoms with Crippen LogP contribution in [-0.4, -0.2) is 39.3 Å². The average Bonchev–Trinajstić information content (AvgIpc) is 3.40. The third kappa shape index (κ3) is 4.07. The topological polar surface area (TPSA) is 81.9 Å². The van der Waals surface area contributed by atoms with Gasteiger partial charge in [-0.25, -0.2) is 9.67 Å². The maximum Gasteiger partial charge on any atom is 0.279 e. The molecule has 1 N–H and O–H groups in total. The zero-order valence-corrected chi connectivity index (χ0v) is 18.3. The van der Waals surface area contributed by atoms with E-state index in [-0.39, 0.29) is 11.6 Å². The molecule has 0 fully saturated rings. The number of nitrogens with one attached hydrogen (secondary N) is 1. The van der Waals surface area contributed by atoms with Gasteiger partial charge in [0, 0.05) is 21.9 Å². The van der Waals surface area contributed by atoms with E-state index in [9.17, 15) is 4.79 Å². The van der Waals surface area contributed by atoms with Crippen LogP contribution in [0.15, 0.2) is 58.8 Å². The number of methoxy groups -OCH3 is 1. The number of thioether (sulfide) groups is 1. The maximum atomic E-state index is 12.7. The van der Waals surface area contributed by atoms with Crippen molar-refractivity contribution < 1.29 is 9.53 Å². The first-order valence-corrected chi connectivity index (χ1v) is 11.2. The molecule has 0 aliphatic heterocycles. The van der Waals surface area contributed by atoms with E-state index in [4.69, 9.17) is 4.74 Å². The van der Waals surface area contributed by atoms with Crippen LogP contribution in [0.3, 0.4) is 0 Å². The summed E-state index contributed by atoms with van der Waals surface area (Å²) >= 11 is 3.06. The molecule has 0 bridgehead atoms. The van der Waals surface area contributed by atoms with E-state index in [0.29, 0.717) is 16.6 Å². The summed E-state index contributed by atoms with van der Waals surface area (Å²) in [6.07, 6.45) is 2.04. The highest BCUT2D eigenvalue weighted by atomic mass is 32.2. The normalized spacial score (nSPS) is 10.8. The number of anilines is 1. The zero-order valence-electron chi connectivity index (χ0n) is 16.6. The highest BCUT2D eigenvalue weighted by Crippen LogP contribution is 2.27. The fourth-order valence-corrected chi connectivity index (χ4v) is 4.03. The van der Waals surface area contributed by atoms with E-state index in [1.807, 2.05) is 48.0 Å². The molecule has 0 unspecified atom stereocenters. The Hall–Kier alpha value is -3.17. The first-order chi connectivity index (χ1) is 14.6. The number of ether oxygens (including phenoxy) is 1. The van der Waals surface area contributed by atoms with Gasteiger partial charge in [-0.05, 0) is 37.4 Å². The van der Waals surface area contributed by atoms with Gasteiger partial charge in [0.25, 0.3) is 5.91 Å². The van der Waals surface area contributed by atoms with Gasteiger partial charge in [-0.3, -0.25) is 10.1 Å². The molecule has 0 aliphatic carbocycles. The third-order valence-corrected chi connectivity index (χ3v) is 6.02. The molecule has 2 aromatic heterocycles. The van der Waals surface area contributed by atoms with E-state index in [1.165, 1.54) is 16.2 Å². The summed E-state index contributed by atoms with van der Waals surface area (Å²) in [7, 11) is 1.60. The van der Waals surface area contributed by atoms with Crippen molar-refractivity contribution >= 4 is 34.1 Å². The number of rotatable bonds is 6. The molecule has 0 atom stereocenters. The van der Waals surface area contributed by atoms with Gasteiger partial charge in [-0.15, -0.1) is 28.2 Å². The predicted octanol–water partition coefficient (Wildman–Crippen LogP) is 4.68. The average molecular weight is 438 g/mol. The summed E-state index contributed by atoms with van der Waals surface area (Å²) in [6, 6.07) is 15.6. The quantitative estimate of drug-likeness (QED) is 0.441. The van der Waals surface area contributed by atoms with E-state index in [1.54, 1.807) is 30.5 Å². The number of carbonyl (C=O) groups excluding carboxylic acids is 1. The lowest BCUT2D eigenvalue weighted by atomic mass is 10.2. The Kier molecular flexibility index (Phi) is 5.82. The van der Waals surface area contributed by atoms with Crippen LogP contribution in [0.2, 0.25) is 0 Å². The lowest BCUT2D eigenvalue weighted by Crippen LogP contribution is -2.14. The van der Waals surface area contributed by atoms with Gasteiger partial charge in [0.15, 0.2) is 10.8 Å². The number of amides is 1. The summed E-state index contributed by atoms with van der Waals surface area (Å²) in [5.74, 6) is 0.356. The summed E-state index contributed by atoms with van der Waals surface area (Å²) in [4.78, 5) is 18.5. The van der Waals surface area contributed by atoms with Crippen molar-refractivity contribution in [3.05, 3.63) is 65.3 Å². The second kappa shape index (κ2) is 8.68. The molecule has 30 heavy (non-hydrogen) atoms. The highest BCUT2D eigenvalue weighted by Gasteiger charge is 2.19. The lowest BCUT2D eigenvalue weighted by molar-refractivity contribution is 0.102. The number of hydrogen-bond donors (Lipinski definition) is 1. The monoisotopic (exact) mass is 437 g/mol. The molecule has 0 saturated heterocycles. The van der Waals surface area contributed by atoms with Crippen molar-refractivity contribution in [3.8, 4) is 22.7 Å². The van der Waals surface area contributed by atoms with Gasteiger partial charge in [-0.1, -0.05) is 23.4 Å². The number of nitrogens with zero attached hydrogens (tertiary/aromatic N) is 4. The molecule has 7 nitrogen and oxygen atoms in total. The van der Waals surface area contributed by atoms with Gasteiger partial charge in [0.05, 0.1) is 24.2 Å². The molecular weight excluding hydrogens is 418 g/mol. The van der Waals surface area contributed by atoms with E-state index < -0.39 is 0 Å². The van der Waals surface area contributed by atoms with Crippen molar-refractivity contribution in [2.45, 2.75) is 11.8 Å². The summed E-state index contributed by atoms with van der Waals surface area (Å²) in [5.41, 5.74) is 3.47. The Bertz CT molecular complexity index is 1180. The van der Waals surface area contributed by atoms with Crippen molar-refractivity contribution in [3.63, 3.8) is 0 Å². The van der Waals surface area contributed by atoms with Gasteiger partial charge in [0.1, 0.15) is 5.75 Å². The van der Waals surface area contributed by atoms with Crippen LogP contribution in [0.1, 0.15) is 16.2 Å². The lowest BCUT2D eigenvalue weighted by Gasteiger charge is -2.06. The molecular formula is C21H19N5O2S2. The predicted molar refractivity (Wildman–Crippen MR) is 120 cm³/mol. The van der Waals surface area contributed by atoms with Crippen molar-refractivity contribution in [1.29, 1.82) is 0 Å². The number of benzene rings is 2. The van der Waals surface area contributed by atoms with E-state index in [0.717, 1.165) is 16.9 Å². The maximum absolute atomic E-state index is 12.7. The number of carbonyl (C=O) groups is 1. The molecule has 4 rings (SSSR count). The second-order valence-electron chi connectivity index (χ2n) is 6.36. The van der Waals surface area contributed by atoms with Gasteiger partial charge in [-0.2, -0.15) is 0 Å². The fraction of sp³-hybridized carbons (Fsp3) is 0.143. The smallest absolute Gasteiger partial charge is 0.279 e. The Morgan fingerprint density at radius 3 is 2.73 bits per heavy atom. The highest BCUT2D eigenvalue weighted by molar-refractivity contribution is 7.98. The minimum absolute atomic E-state index is 0.249. The molecule has 152 valence electrons. The Morgan fingerprint density at radius 2 is 2.00 bits per heavy atom. The summed E-state index contributed by atoms with van der Waals surface area (Å²) in [5, 5.41) is 13.4. The Balaban J connectivity index is 1.52. The first kappa shape index (κ1) is 20.1. The molecule has 0 spiro atoms. The number of thiazole rings is 1. The van der Waals surface area contributed by atoms with Crippen molar-refractivity contribution in [1.82, 2.24) is 20.0 Å². The SMILES string of the molecule is COc1cccc(-n2nnc(C(=O)Nc3nc(-c4ccc(SC)cc4)cs3)c2C)c1. The molecule has 2 aromatic carbocycles. The van der Waals surface area contributed by atoms with Crippen LogP contribution in [0.5, 0.6) is 5.75 Å². The molecule has 1 amide bonds. The van der Waals surface area contributed by atoms with Gasteiger partial charge in [0.2, 0.25) is 0 Å².